The van der Waals surface area contributed by atoms with Gasteiger partial charge in [0.15, 0.2) is 0 Å². The lowest BCUT2D eigenvalue weighted by Crippen LogP contribution is -2.69. The van der Waals surface area contributed by atoms with E-state index in [9.17, 15) is 9.90 Å². The number of carbonyl (C=O) groups is 1. The molecule has 2 nitrogen and oxygen atoms in total. The zero-order valence-electron chi connectivity index (χ0n) is 16.2. The standard InChI is InChI=1S/C25H26O2Si/c1-25(24(26)27)18-17-20(25)19-28(21-11-5-2-6-12-21,22-13-7-3-8-14-22)23-15-9-4-10-16-23/h2-16,20H,17-19H2,1H3,(H,26,27)/t20-,25-/m0/s1. The van der Waals surface area contributed by atoms with Gasteiger partial charge >= 0.3 is 5.97 Å². The van der Waals surface area contributed by atoms with E-state index in [2.05, 4.69) is 91.0 Å². The van der Waals surface area contributed by atoms with Crippen LogP contribution >= 0.6 is 0 Å². The Morgan fingerprint density at radius 2 is 1.25 bits per heavy atom. The van der Waals surface area contributed by atoms with Gasteiger partial charge in [0.1, 0.15) is 8.07 Å². The van der Waals surface area contributed by atoms with Crippen molar-refractivity contribution in [3.8, 4) is 0 Å². The quantitative estimate of drug-likeness (QED) is 0.519. The van der Waals surface area contributed by atoms with Gasteiger partial charge in [-0.1, -0.05) is 91.0 Å². The average molecular weight is 387 g/mol. The second kappa shape index (κ2) is 7.40. The van der Waals surface area contributed by atoms with Crippen molar-refractivity contribution in [3.63, 3.8) is 0 Å². The third-order valence-corrected chi connectivity index (χ3v) is 11.8. The second-order valence-corrected chi connectivity index (χ2v) is 12.1. The van der Waals surface area contributed by atoms with E-state index in [0.717, 1.165) is 18.9 Å². The lowest BCUT2D eigenvalue weighted by molar-refractivity contribution is -0.158. The van der Waals surface area contributed by atoms with Crippen LogP contribution in [-0.2, 0) is 4.79 Å². The predicted octanol–water partition coefficient (Wildman–Crippen LogP) is 3.66. The SMILES string of the molecule is C[C@]1(C(=O)O)CC[C@H]1C[Si](c1ccccc1)(c1ccccc1)c1ccccc1. The van der Waals surface area contributed by atoms with Crippen molar-refractivity contribution in [2.75, 3.05) is 0 Å². The van der Waals surface area contributed by atoms with Crippen LogP contribution in [0, 0.1) is 11.3 Å². The molecule has 142 valence electrons. The van der Waals surface area contributed by atoms with E-state index in [0.29, 0.717) is 0 Å². The lowest BCUT2D eigenvalue weighted by atomic mass is 9.62. The van der Waals surface area contributed by atoms with Crippen LogP contribution in [0.15, 0.2) is 91.0 Å². The zero-order valence-corrected chi connectivity index (χ0v) is 17.2. The summed E-state index contributed by atoms with van der Waals surface area (Å²) in [6, 6.07) is 33.2. The third-order valence-electron chi connectivity index (χ3n) is 6.75. The fourth-order valence-electron chi connectivity index (χ4n) is 4.78. The van der Waals surface area contributed by atoms with Crippen LogP contribution in [0.1, 0.15) is 19.8 Å². The molecule has 4 rings (SSSR count). The largest absolute Gasteiger partial charge is 0.481 e. The van der Waals surface area contributed by atoms with Crippen molar-refractivity contribution < 1.29 is 9.90 Å². The first kappa shape index (κ1) is 18.7. The van der Waals surface area contributed by atoms with Gasteiger partial charge in [-0.3, -0.25) is 4.79 Å². The zero-order chi connectivity index (χ0) is 19.6. The molecule has 1 saturated carbocycles. The average Bonchev–Trinajstić information content (AvgIpc) is 2.75. The van der Waals surface area contributed by atoms with Crippen LogP contribution in [0.2, 0.25) is 6.04 Å². The Hall–Kier alpha value is -2.65. The van der Waals surface area contributed by atoms with E-state index < -0.39 is 19.5 Å². The van der Waals surface area contributed by atoms with Crippen LogP contribution in [0.5, 0.6) is 0 Å². The summed E-state index contributed by atoms with van der Waals surface area (Å²) in [4.78, 5) is 12.0. The van der Waals surface area contributed by atoms with Crippen molar-refractivity contribution in [3.05, 3.63) is 91.0 Å². The van der Waals surface area contributed by atoms with E-state index in [-0.39, 0.29) is 5.92 Å². The van der Waals surface area contributed by atoms with E-state index in [1.807, 2.05) is 6.92 Å². The van der Waals surface area contributed by atoms with Gasteiger partial charge in [-0.2, -0.15) is 0 Å². The smallest absolute Gasteiger partial charge is 0.309 e. The maximum absolute atomic E-state index is 12.0. The lowest BCUT2D eigenvalue weighted by Gasteiger charge is -2.48. The molecule has 0 aliphatic heterocycles. The summed E-state index contributed by atoms with van der Waals surface area (Å²) >= 11 is 0. The number of hydrogen-bond donors (Lipinski definition) is 1. The van der Waals surface area contributed by atoms with Crippen LogP contribution < -0.4 is 15.6 Å². The molecule has 3 heteroatoms. The molecule has 0 radical (unpaired) electrons. The first-order valence-corrected chi connectivity index (χ1v) is 12.2. The number of aliphatic carboxylic acids is 1. The minimum Gasteiger partial charge on any atom is -0.481 e. The molecule has 0 amide bonds. The molecule has 0 aromatic heterocycles. The van der Waals surface area contributed by atoms with E-state index in [1.165, 1.54) is 15.6 Å². The van der Waals surface area contributed by atoms with Gasteiger partial charge in [-0.15, -0.1) is 0 Å². The van der Waals surface area contributed by atoms with E-state index >= 15 is 0 Å². The highest BCUT2D eigenvalue weighted by atomic mass is 28.3. The van der Waals surface area contributed by atoms with E-state index in [4.69, 9.17) is 0 Å². The molecule has 0 unspecified atom stereocenters. The van der Waals surface area contributed by atoms with Crippen LogP contribution in [0.25, 0.3) is 0 Å². The summed E-state index contributed by atoms with van der Waals surface area (Å²) in [6.45, 7) is 1.93. The minimum atomic E-state index is -2.35. The normalized spacial score (nSPS) is 21.7. The molecule has 0 saturated heterocycles. The Morgan fingerprint density at radius 3 is 1.54 bits per heavy atom. The topological polar surface area (TPSA) is 37.3 Å². The first-order valence-electron chi connectivity index (χ1n) is 9.97. The second-order valence-electron chi connectivity index (χ2n) is 8.17. The van der Waals surface area contributed by atoms with Crippen molar-refractivity contribution in [1.82, 2.24) is 0 Å². The van der Waals surface area contributed by atoms with Crippen LogP contribution in [-0.4, -0.2) is 19.1 Å². The third kappa shape index (κ3) is 3.00. The highest BCUT2D eigenvalue weighted by Gasteiger charge is 2.53. The molecule has 0 bridgehead atoms. The highest BCUT2D eigenvalue weighted by Crippen LogP contribution is 2.50. The van der Waals surface area contributed by atoms with Gasteiger partial charge in [0.25, 0.3) is 0 Å². The van der Waals surface area contributed by atoms with Crippen LogP contribution in [0.3, 0.4) is 0 Å². The molecule has 1 aliphatic carbocycles. The summed E-state index contributed by atoms with van der Waals surface area (Å²) < 4.78 is 0. The molecule has 1 N–H and O–H groups in total. The summed E-state index contributed by atoms with van der Waals surface area (Å²) in [5.74, 6) is -0.460. The van der Waals surface area contributed by atoms with E-state index in [1.54, 1.807) is 0 Å². The summed E-state index contributed by atoms with van der Waals surface area (Å²) in [6.07, 6.45) is 1.76. The fourth-order valence-corrected chi connectivity index (χ4v) is 10.2. The predicted molar refractivity (Wildman–Crippen MR) is 117 cm³/mol. The molecule has 2 atom stereocenters. The van der Waals surface area contributed by atoms with Crippen LogP contribution in [0.4, 0.5) is 0 Å². The summed E-state index contributed by atoms with van der Waals surface area (Å²) in [5.41, 5.74) is -0.614. The minimum absolute atomic E-state index is 0.192. The molecule has 0 heterocycles. The molecule has 3 aromatic rings. The summed E-state index contributed by atoms with van der Waals surface area (Å²) in [5, 5.41) is 13.9. The van der Waals surface area contributed by atoms with Gasteiger partial charge in [-0.05, 0) is 47.3 Å². The highest BCUT2D eigenvalue weighted by molar-refractivity contribution is 7.11. The molecule has 28 heavy (non-hydrogen) atoms. The number of hydrogen-bond acceptors (Lipinski definition) is 1. The number of benzene rings is 3. The van der Waals surface area contributed by atoms with Crippen molar-refractivity contribution >= 4 is 29.6 Å². The molecule has 3 aromatic carbocycles. The Kier molecular flexibility index (Phi) is 4.94. The van der Waals surface area contributed by atoms with Crippen molar-refractivity contribution in [1.29, 1.82) is 0 Å². The van der Waals surface area contributed by atoms with Gasteiger partial charge in [0.2, 0.25) is 0 Å². The fraction of sp³-hybridized carbons (Fsp3) is 0.240. The van der Waals surface area contributed by atoms with Gasteiger partial charge < -0.3 is 5.11 Å². The number of carboxylic acids is 1. The van der Waals surface area contributed by atoms with Gasteiger partial charge in [-0.25, -0.2) is 0 Å². The van der Waals surface area contributed by atoms with Gasteiger partial charge in [0.05, 0.1) is 5.41 Å². The number of carboxylic acid groups (broad SMARTS) is 1. The molecule has 0 spiro atoms. The molecular formula is C25H26O2Si. The van der Waals surface area contributed by atoms with Crippen molar-refractivity contribution in [2.24, 2.45) is 11.3 Å². The Balaban J connectivity index is 1.93. The first-order chi connectivity index (χ1) is 13.6. The van der Waals surface area contributed by atoms with Crippen molar-refractivity contribution in [2.45, 2.75) is 25.8 Å². The number of rotatable bonds is 6. The summed E-state index contributed by atoms with van der Waals surface area (Å²) in [7, 11) is -2.35. The Morgan fingerprint density at radius 1 is 0.857 bits per heavy atom. The monoisotopic (exact) mass is 386 g/mol. The maximum Gasteiger partial charge on any atom is 0.309 e. The maximum atomic E-state index is 12.0. The Labute approximate surface area is 167 Å². The molecular weight excluding hydrogens is 360 g/mol. The Bertz CT molecular complexity index is 843. The molecule has 1 aliphatic rings. The molecule has 1 fully saturated rings. The van der Waals surface area contributed by atoms with Gasteiger partial charge in [0, 0.05) is 0 Å².